The first-order chi connectivity index (χ1) is 7.10. The molecular formula is C12H24N2O. The Morgan fingerprint density at radius 1 is 1.53 bits per heavy atom. The van der Waals surface area contributed by atoms with E-state index in [1.54, 1.807) is 0 Å². The minimum Gasteiger partial charge on any atom is -0.341 e. The topological polar surface area (TPSA) is 46.3 Å². The monoisotopic (exact) mass is 212 g/mol. The van der Waals surface area contributed by atoms with E-state index in [-0.39, 0.29) is 11.9 Å². The van der Waals surface area contributed by atoms with Gasteiger partial charge in [0, 0.05) is 26.1 Å². The molecule has 0 radical (unpaired) electrons. The van der Waals surface area contributed by atoms with Crippen LogP contribution < -0.4 is 5.73 Å². The molecule has 0 saturated heterocycles. The Labute approximate surface area is 93.0 Å². The second kappa shape index (κ2) is 5.50. The molecule has 1 amide bonds. The van der Waals surface area contributed by atoms with Gasteiger partial charge in [0.15, 0.2) is 0 Å². The Morgan fingerprint density at radius 2 is 2.13 bits per heavy atom. The lowest BCUT2D eigenvalue weighted by molar-refractivity contribution is -0.133. The molecule has 1 aliphatic rings. The first-order valence-electron chi connectivity index (χ1n) is 6.05. The number of likely N-dealkylation sites (N-methyl/N-ethyl adjacent to an activating group) is 1. The highest BCUT2D eigenvalue weighted by Gasteiger charge is 2.34. The molecule has 0 aromatic heterocycles. The summed E-state index contributed by atoms with van der Waals surface area (Å²) in [4.78, 5) is 13.8. The molecule has 3 heteroatoms. The van der Waals surface area contributed by atoms with Crippen molar-refractivity contribution in [2.75, 3.05) is 13.6 Å². The molecule has 2 unspecified atom stereocenters. The van der Waals surface area contributed by atoms with Gasteiger partial charge < -0.3 is 10.6 Å². The summed E-state index contributed by atoms with van der Waals surface area (Å²) in [7, 11) is 1.90. The number of nitrogens with two attached hydrogens (primary N) is 1. The average Bonchev–Trinajstić information content (AvgIpc) is 3.02. The number of carbonyl (C=O) groups is 1. The lowest BCUT2D eigenvalue weighted by Gasteiger charge is -2.28. The minimum atomic E-state index is 0.256. The summed E-state index contributed by atoms with van der Waals surface area (Å²) in [6.07, 6.45) is 4.21. The van der Waals surface area contributed by atoms with Gasteiger partial charge in [-0.2, -0.15) is 0 Å². The van der Waals surface area contributed by atoms with Gasteiger partial charge in [0.25, 0.3) is 0 Å². The zero-order valence-corrected chi connectivity index (χ0v) is 10.2. The maximum absolute atomic E-state index is 11.9. The fraction of sp³-hybridized carbons (Fsp3) is 0.917. The fourth-order valence-electron chi connectivity index (χ4n) is 1.92. The third-order valence-corrected chi connectivity index (χ3v) is 3.52. The Bertz CT molecular complexity index is 214. The smallest absolute Gasteiger partial charge is 0.222 e. The Hall–Kier alpha value is -0.570. The van der Waals surface area contributed by atoms with Crippen LogP contribution in [0.4, 0.5) is 0 Å². The fourth-order valence-corrected chi connectivity index (χ4v) is 1.92. The molecule has 0 spiro atoms. The molecule has 15 heavy (non-hydrogen) atoms. The summed E-state index contributed by atoms with van der Waals surface area (Å²) >= 11 is 0. The zero-order chi connectivity index (χ0) is 11.4. The second-order valence-electron chi connectivity index (χ2n) is 4.86. The van der Waals surface area contributed by atoms with Crippen LogP contribution in [-0.4, -0.2) is 30.4 Å². The van der Waals surface area contributed by atoms with Crippen LogP contribution in [0.1, 0.15) is 39.5 Å². The van der Waals surface area contributed by atoms with E-state index in [4.69, 9.17) is 5.73 Å². The van der Waals surface area contributed by atoms with Gasteiger partial charge in [-0.1, -0.05) is 20.3 Å². The van der Waals surface area contributed by atoms with Crippen molar-refractivity contribution in [1.82, 2.24) is 4.90 Å². The third-order valence-electron chi connectivity index (χ3n) is 3.52. The van der Waals surface area contributed by atoms with E-state index >= 15 is 0 Å². The number of nitrogens with zero attached hydrogens (tertiary/aromatic N) is 1. The molecule has 2 N–H and O–H groups in total. The molecule has 88 valence electrons. The largest absolute Gasteiger partial charge is 0.341 e. The lowest BCUT2D eigenvalue weighted by atomic mass is 10.0. The summed E-state index contributed by atoms with van der Waals surface area (Å²) in [5.41, 5.74) is 5.72. The molecule has 0 bridgehead atoms. The summed E-state index contributed by atoms with van der Waals surface area (Å²) in [5, 5.41) is 0. The van der Waals surface area contributed by atoms with Crippen LogP contribution in [0, 0.1) is 11.8 Å². The summed E-state index contributed by atoms with van der Waals surface area (Å²) in [5.74, 6) is 1.41. The average molecular weight is 212 g/mol. The van der Waals surface area contributed by atoms with E-state index in [9.17, 15) is 4.79 Å². The predicted molar refractivity (Wildman–Crippen MR) is 62.4 cm³/mol. The molecule has 0 heterocycles. The van der Waals surface area contributed by atoms with Gasteiger partial charge in [0.2, 0.25) is 5.91 Å². The number of rotatable bonds is 6. The van der Waals surface area contributed by atoms with Crippen molar-refractivity contribution < 1.29 is 4.79 Å². The maximum Gasteiger partial charge on any atom is 0.222 e. The number of amides is 1. The van der Waals surface area contributed by atoms with E-state index in [1.807, 2.05) is 11.9 Å². The molecule has 1 fully saturated rings. The van der Waals surface area contributed by atoms with Crippen LogP contribution in [0.3, 0.4) is 0 Å². The number of hydrogen-bond acceptors (Lipinski definition) is 2. The molecule has 3 nitrogen and oxygen atoms in total. The van der Waals surface area contributed by atoms with Crippen molar-refractivity contribution in [2.24, 2.45) is 17.6 Å². The van der Waals surface area contributed by atoms with Gasteiger partial charge in [-0.05, 0) is 24.7 Å². The highest BCUT2D eigenvalue weighted by Crippen LogP contribution is 2.34. The van der Waals surface area contributed by atoms with E-state index in [2.05, 4.69) is 13.8 Å². The van der Waals surface area contributed by atoms with Crippen molar-refractivity contribution in [2.45, 2.75) is 45.6 Å². The quantitative estimate of drug-likeness (QED) is 0.727. The van der Waals surface area contributed by atoms with E-state index < -0.39 is 0 Å². The molecule has 0 aliphatic heterocycles. The highest BCUT2D eigenvalue weighted by atomic mass is 16.2. The minimum absolute atomic E-state index is 0.256. The molecule has 2 atom stereocenters. The van der Waals surface area contributed by atoms with E-state index in [1.165, 1.54) is 12.8 Å². The van der Waals surface area contributed by atoms with Gasteiger partial charge in [-0.25, -0.2) is 0 Å². The van der Waals surface area contributed by atoms with Gasteiger partial charge in [0.1, 0.15) is 0 Å². The summed E-state index contributed by atoms with van der Waals surface area (Å²) in [6.45, 7) is 4.85. The van der Waals surface area contributed by atoms with Gasteiger partial charge >= 0.3 is 0 Å². The predicted octanol–water partition coefficient (Wildman–Crippen LogP) is 1.62. The molecule has 1 aliphatic carbocycles. The van der Waals surface area contributed by atoms with Crippen LogP contribution in [0.2, 0.25) is 0 Å². The van der Waals surface area contributed by atoms with Crippen LogP contribution in [0.25, 0.3) is 0 Å². The van der Waals surface area contributed by atoms with Crippen LogP contribution >= 0.6 is 0 Å². The molecule has 1 saturated carbocycles. The Balaban J connectivity index is 2.42. The van der Waals surface area contributed by atoms with Gasteiger partial charge in [-0.15, -0.1) is 0 Å². The second-order valence-corrected chi connectivity index (χ2v) is 4.86. The Morgan fingerprint density at radius 3 is 2.53 bits per heavy atom. The number of carbonyl (C=O) groups excluding carboxylic acids is 1. The van der Waals surface area contributed by atoms with Crippen molar-refractivity contribution in [3.63, 3.8) is 0 Å². The standard InChI is InChI=1S/C12H24N2O/c1-4-9(2)7-12(15)14(3)11(8-13)10-5-6-10/h9-11H,4-8,13H2,1-3H3. The first kappa shape index (κ1) is 12.5. The molecule has 0 aromatic carbocycles. The van der Waals surface area contributed by atoms with Gasteiger partial charge in [0.05, 0.1) is 0 Å². The molecule has 0 aromatic rings. The summed E-state index contributed by atoms with van der Waals surface area (Å²) < 4.78 is 0. The third kappa shape index (κ3) is 3.49. The van der Waals surface area contributed by atoms with Crippen LogP contribution in [0.5, 0.6) is 0 Å². The van der Waals surface area contributed by atoms with E-state index in [0.717, 1.165) is 6.42 Å². The normalized spacial score (nSPS) is 19.7. The van der Waals surface area contributed by atoms with Crippen LogP contribution in [-0.2, 0) is 4.79 Å². The van der Waals surface area contributed by atoms with Crippen molar-refractivity contribution >= 4 is 5.91 Å². The van der Waals surface area contributed by atoms with Crippen LogP contribution in [0.15, 0.2) is 0 Å². The van der Waals surface area contributed by atoms with Crippen molar-refractivity contribution in [3.8, 4) is 0 Å². The summed E-state index contributed by atoms with van der Waals surface area (Å²) in [6, 6.07) is 0.279. The van der Waals surface area contributed by atoms with Crippen molar-refractivity contribution in [3.05, 3.63) is 0 Å². The molecule has 1 rings (SSSR count). The van der Waals surface area contributed by atoms with Gasteiger partial charge in [-0.3, -0.25) is 4.79 Å². The SMILES string of the molecule is CCC(C)CC(=O)N(C)C(CN)C1CC1. The highest BCUT2D eigenvalue weighted by molar-refractivity contribution is 5.76. The van der Waals surface area contributed by atoms with Crippen molar-refractivity contribution in [1.29, 1.82) is 0 Å². The molecular weight excluding hydrogens is 188 g/mol. The Kier molecular flexibility index (Phi) is 4.58. The lowest BCUT2D eigenvalue weighted by Crippen LogP contribution is -2.43. The first-order valence-corrected chi connectivity index (χ1v) is 6.05. The van der Waals surface area contributed by atoms with E-state index in [0.29, 0.717) is 24.8 Å². The zero-order valence-electron chi connectivity index (χ0n) is 10.2. The number of hydrogen-bond donors (Lipinski definition) is 1. The maximum atomic E-state index is 11.9.